The van der Waals surface area contributed by atoms with Crippen molar-refractivity contribution in [3.8, 4) is 0 Å². The molecule has 3 rings (SSSR count). The maximum Gasteiger partial charge on any atom is 0.246 e. The van der Waals surface area contributed by atoms with Gasteiger partial charge in [-0.3, -0.25) is 4.79 Å². The van der Waals surface area contributed by atoms with Crippen LogP contribution >= 0.6 is 0 Å². The number of amides is 1. The first-order valence-corrected chi connectivity index (χ1v) is 7.64. The molecule has 2 heterocycles. The van der Waals surface area contributed by atoms with E-state index in [2.05, 4.69) is 4.98 Å². The van der Waals surface area contributed by atoms with Gasteiger partial charge in [0.05, 0.1) is 6.10 Å². The normalized spacial score (nSPS) is 18.2. The molecule has 1 amide bonds. The number of carbonyl (C=O) groups excluding carboxylic acids is 1. The molecule has 1 unspecified atom stereocenters. The number of oxazole rings is 1. The standard InChI is InChI=1S/C17H20N2O3/c1-12(20)13-8-10-19(11-9-13)17(21)7-6-16-18-14-4-2-3-5-15(14)22-16/h2-7,12-13,20H,8-11H2,1H3. The number of likely N-dealkylation sites (tertiary alicyclic amines) is 1. The van der Waals surface area contributed by atoms with E-state index in [-0.39, 0.29) is 12.0 Å². The van der Waals surface area contributed by atoms with Crippen molar-refractivity contribution in [3.63, 3.8) is 0 Å². The summed E-state index contributed by atoms with van der Waals surface area (Å²) in [6.45, 7) is 3.19. The van der Waals surface area contributed by atoms with Gasteiger partial charge in [0.1, 0.15) is 5.52 Å². The highest BCUT2D eigenvalue weighted by molar-refractivity contribution is 5.91. The number of hydrogen-bond donors (Lipinski definition) is 1. The Balaban J connectivity index is 1.62. The molecule has 0 bridgehead atoms. The Bertz CT molecular complexity index is 649. The molecular formula is C17H20N2O3. The quantitative estimate of drug-likeness (QED) is 0.884. The van der Waals surface area contributed by atoms with Gasteiger partial charge in [0.25, 0.3) is 0 Å². The van der Waals surface area contributed by atoms with E-state index in [1.165, 1.54) is 6.08 Å². The molecule has 5 heteroatoms. The Morgan fingerprint density at radius 1 is 1.41 bits per heavy atom. The maximum absolute atomic E-state index is 12.2. The minimum Gasteiger partial charge on any atom is -0.437 e. The predicted octanol–water partition coefficient (Wildman–Crippen LogP) is 2.46. The minimum atomic E-state index is -0.299. The van der Waals surface area contributed by atoms with Gasteiger partial charge >= 0.3 is 0 Å². The summed E-state index contributed by atoms with van der Waals surface area (Å²) in [5.74, 6) is 0.699. The lowest BCUT2D eigenvalue weighted by atomic mass is 9.92. The van der Waals surface area contributed by atoms with Crippen LogP contribution in [0.4, 0.5) is 0 Å². The van der Waals surface area contributed by atoms with Crippen LogP contribution in [0.3, 0.4) is 0 Å². The lowest BCUT2D eigenvalue weighted by Gasteiger charge is -2.32. The Kier molecular flexibility index (Phi) is 4.24. The zero-order valence-corrected chi connectivity index (χ0v) is 12.6. The van der Waals surface area contributed by atoms with Crippen molar-refractivity contribution < 1.29 is 14.3 Å². The second kappa shape index (κ2) is 6.32. The third-order valence-electron chi connectivity index (χ3n) is 4.21. The summed E-state index contributed by atoms with van der Waals surface area (Å²) in [5, 5.41) is 9.59. The summed E-state index contributed by atoms with van der Waals surface area (Å²) < 4.78 is 5.55. The monoisotopic (exact) mass is 300 g/mol. The number of aliphatic hydroxyl groups excluding tert-OH is 1. The summed E-state index contributed by atoms with van der Waals surface area (Å²) >= 11 is 0. The van der Waals surface area contributed by atoms with E-state index in [1.54, 1.807) is 11.0 Å². The molecule has 0 radical (unpaired) electrons. The van der Waals surface area contributed by atoms with Crippen LogP contribution in [-0.2, 0) is 4.79 Å². The molecule has 116 valence electrons. The van der Waals surface area contributed by atoms with Gasteiger partial charge in [-0.05, 0) is 37.8 Å². The van der Waals surface area contributed by atoms with Gasteiger partial charge in [0.15, 0.2) is 5.58 Å². The van der Waals surface area contributed by atoms with Crippen LogP contribution in [0, 0.1) is 5.92 Å². The number of aliphatic hydroxyl groups is 1. The predicted molar refractivity (Wildman–Crippen MR) is 84.0 cm³/mol. The van der Waals surface area contributed by atoms with Crippen molar-refractivity contribution in [2.24, 2.45) is 5.92 Å². The molecule has 0 spiro atoms. The fourth-order valence-electron chi connectivity index (χ4n) is 2.81. The Morgan fingerprint density at radius 2 is 2.14 bits per heavy atom. The highest BCUT2D eigenvalue weighted by Gasteiger charge is 2.24. The third kappa shape index (κ3) is 3.20. The van der Waals surface area contributed by atoms with Crippen LogP contribution in [0.1, 0.15) is 25.7 Å². The lowest BCUT2D eigenvalue weighted by molar-refractivity contribution is -0.127. The molecule has 1 saturated heterocycles. The minimum absolute atomic E-state index is 0.0358. The summed E-state index contributed by atoms with van der Waals surface area (Å²) in [4.78, 5) is 18.3. The fourth-order valence-corrected chi connectivity index (χ4v) is 2.81. The van der Waals surface area contributed by atoms with E-state index >= 15 is 0 Å². The highest BCUT2D eigenvalue weighted by atomic mass is 16.3. The number of piperidine rings is 1. The summed E-state index contributed by atoms with van der Waals surface area (Å²) in [5.41, 5.74) is 1.50. The number of aromatic nitrogens is 1. The van der Waals surface area contributed by atoms with Crippen LogP contribution in [0.2, 0.25) is 0 Å². The molecule has 1 aromatic heterocycles. The van der Waals surface area contributed by atoms with Gasteiger partial charge in [-0.2, -0.15) is 0 Å². The second-order valence-corrected chi connectivity index (χ2v) is 5.76. The number of para-hydroxylation sites is 2. The Morgan fingerprint density at radius 3 is 2.82 bits per heavy atom. The number of hydrogen-bond acceptors (Lipinski definition) is 4. The van der Waals surface area contributed by atoms with Crippen molar-refractivity contribution in [2.75, 3.05) is 13.1 Å². The number of nitrogens with zero attached hydrogens (tertiary/aromatic N) is 2. The third-order valence-corrected chi connectivity index (χ3v) is 4.21. The first-order valence-electron chi connectivity index (χ1n) is 7.64. The number of fused-ring (bicyclic) bond motifs is 1. The first-order chi connectivity index (χ1) is 10.6. The molecule has 0 saturated carbocycles. The summed E-state index contributed by atoms with van der Waals surface area (Å²) in [6, 6.07) is 7.51. The fraction of sp³-hybridized carbons (Fsp3) is 0.412. The molecule has 1 atom stereocenters. The van der Waals surface area contributed by atoms with Crippen LogP contribution in [0.5, 0.6) is 0 Å². The topological polar surface area (TPSA) is 66.6 Å². The Labute approximate surface area is 129 Å². The summed E-state index contributed by atoms with van der Waals surface area (Å²) in [6.07, 6.45) is 4.52. The zero-order valence-electron chi connectivity index (χ0n) is 12.6. The van der Waals surface area contributed by atoms with Gasteiger partial charge in [-0.25, -0.2) is 4.98 Å². The highest BCUT2D eigenvalue weighted by Crippen LogP contribution is 2.21. The van der Waals surface area contributed by atoms with Crippen LogP contribution < -0.4 is 0 Å². The van der Waals surface area contributed by atoms with Gasteiger partial charge < -0.3 is 14.4 Å². The molecule has 0 aliphatic carbocycles. The largest absolute Gasteiger partial charge is 0.437 e. The van der Waals surface area contributed by atoms with Crippen molar-refractivity contribution in [1.29, 1.82) is 0 Å². The van der Waals surface area contributed by atoms with E-state index in [4.69, 9.17) is 4.42 Å². The smallest absolute Gasteiger partial charge is 0.246 e. The van der Waals surface area contributed by atoms with Crippen LogP contribution in [0.25, 0.3) is 17.2 Å². The molecule has 1 aliphatic rings. The SMILES string of the molecule is CC(O)C1CCN(C(=O)C=Cc2nc3ccccc3o2)CC1. The molecular weight excluding hydrogens is 280 g/mol. The molecule has 1 fully saturated rings. The van der Waals surface area contributed by atoms with Crippen LogP contribution in [0.15, 0.2) is 34.8 Å². The average molecular weight is 300 g/mol. The van der Waals surface area contributed by atoms with E-state index in [9.17, 15) is 9.90 Å². The molecule has 1 N–H and O–H groups in total. The zero-order chi connectivity index (χ0) is 15.5. The van der Waals surface area contributed by atoms with Gasteiger partial charge in [0, 0.05) is 25.2 Å². The van der Waals surface area contributed by atoms with E-state index in [0.717, 1.165) is 18.4 Å². The van der Waals surface area contributed by atoms with Crippen molar-refractivity contribution in [2.45, 2.75) is 25.9 Å². The van der Waals surface area contributed by atoms with Gasteiger partial charge in [-0.15, -0.1) is 0 Å². The van der Waals surface area contributed by atoms with E-state index in [0.29, 0.717) is 30.5 Å². The lowest BCUT2D eigenvalue weighted by Crippen LogP contribution is -2.39. The molecule has 1 aliphatic heterocycles. The Hall–Kier alpha value is -2.14. The van der Waals surface area contributed by atoms with Gasteiger partial charge in [-0.1, -0.05) is 12.1 Å². The van der Waals surface area contributed by atoms with Crippen molar-refractivity contribution in [1.82, 2.24) is 9.88 Å². The van der Waals surface area contributed by atoms with Crippen molar-refractivity contribution in [3.05, 3.63) is 36.2 Å². The van der Waals surface area contributed by atoms with E-state index < -0.39 is 0 Å². The van der Waals surface area contributed by atoms with E-state index in [1.807, 2.05) is 31.2 Å². The molecule has 1 aromatic carbocycles. The summed E-state index contributed by atoms with van der Waals surface area (Å²) in [7, 11) is 0. The average Bonchev–Trinajstić information content (AvgIpc) is 2.95. The number of carbonyl (C=O) groups is 1. The second-order valence-electron chi connectivity index (χ2n) is 5.76. The number of benzene rings is 1. The van der Waals surface area contributed by atoms with Gasteiger partial charge in [0.2, 0.25) is 11.8 Å². The first kappa shape index (κ1) is 14.8. The maximum atomic E-state index is 12.2. The number of rotatable bonds is 3. The molecule has 2 aromatic rings. The molecule has 22 heavy (non-hydrogen) atoms. The van der Waals surface area contributed by atoms with Crippen LogP contribution in [-0.4, -0.2) is 40.1 Å². The molecule has 5 nitrogen and oxygen atoms in total. The van der Waals surface area contributed by atoms with Crippen molar-refractivity contribution >= 4 is 23.1 Å².